The fourth-order valence-corrected chi connectivity index (χ4v) is 1.58. The lowest BCUT2D eigenvalue weighted by atomic mass is 10.9. The molecule has 5 nitrogen and oxygen atoms in total. The van der Waals surface area contributed by atoms with Crippen molar-refractivity contribution < 1.29 is 18.5 Å². The molecule has 0 heterocycles. The zero-order valence-corrected chi connectivity index (χ0v) is 7.67. The summed E-state index contributed by atoms with van der Waals surface area (Å²) in [5.41, 5.74) is 0. The van der Waals surface area contributed by atoms with Gasteiger partial charge in [0.1, 0.15) is 0 Å². The number of hydrogen-bond donors (Lipinski definition) is 1. The highest BCUT2D eigenvalue weighted by molar-refractivity contribution is 7.53. The van der Waals surface area contributed by atoms with E-state index in [2.05, 4.69) is 10.7 Å². The van der Waals surface area contributed by atoms with Crippen molar-refractivity contribution in [1.82, 2.24) is 0 Å². The molecule has 0 aliphatic carbocycles. The lowest BCUT2D eigenvalue weighted by molar-refractivity contribution is 0.00459. The van der Waals surface area contributed by atoms with Crippen LogP contribution in [0.25, 0.3) is 0 Å². The van der Waals surface area contributed by atoms with Gasteiger partial charge in [0.15, 0.2) is 6.79 Å². The van der Waals surface area contributed by atoms with Crippen molar-refractivity contribution in [3.63, 3.8) is 0 Å². The van der Waals surface area contributed by atoms with Crippen LogP contribution in [0.5, 0.6) is 0 Å². The molecule has 0 spiro atoms. The van der Waals surface area contributed by atoms with Gasteiger partial charge in [-0.2, -0.15) is 0 Å². The highest BCUT2D eigenvalue weighted by Gasteiger charge is 2.20. The van der Waals surface area contributed by atoms with Gasteiger partial charge in [0.05, 0.1) is 6.61 Å². The first-order valence-electron chi connectivity index (χ1n) is 3.38. The Bertz CT molecular complexity index is 140. The van der Waals surface area contributed by atoms with Crippen LogP contribution in [0.1, 0.15) is 13.8 Å². The first-order valence-corrected chi connectivity index (χ1v) is 5.11. The summed E-state index contributed by atoms with van der Waals surface area (Å²) in [5, 5.41) is 0. The molecule has 0 bridgehead atoms. The van der Waals surface area contributed by atoms with Crippen molar-refractivity contribution in [2.24, 2.45) is 5.90 Å². The summed E-state index contributed by atoms with van der Waals surface area (Å²) < 4.78 is 21.0. The molecular formula is C5H14NO4P. The third kappa shape index (κ3) is 4.50. The van der Waals surface area contributed by atoms with Gasteiger partial charge in [0.2, 0.25) is 0 Å². The molecular weight excluding hydrogens is 169 g/mol. The van der Waals surface area contributed by atoms with Gasteiger partial charge in [0.25, 0.3) is 0 Å². The second-order valence-corrected chi connectivity index (χ2v) is 4.13. The Morgan fingerprint density at radius 2 is 2.00 bits per heavy atom. The van der Waals surface area contributed by atoms with Gasteiger partial charge in [0, 0.05) is 6.16 Å². The summed E-state index contributed by atoms with van der Waals surface area (Å²) in [6.45, 7) is 3.61. The monoisotopic (exact) mass is 183 g/mol. The van der Waals surface area contributed by atoms with E-state index in [1.165, 1.54) is 0 Å². The average Bonchev–Trinajstić information content (AvgIpc) is 2.02. The van der Waals surface area contributed by atoms with E-state index in [0.29, 0.717) is 12.8 Å². The van der Waals surface area contributed by atoms with Gasteiger partial charge in [-0.05, 0) is 6.92 Å². The number of rotatable bonds is 6. The van der Waals surface area contributed by atoms with Crippen molar-refractivity contribution in [3.8, 4) is 0 Å². The van der Waals surface area contributed by atoms with Gasteiger partial charge < -0.3 is 4.52 Å². The summed E-state index contributed by atoms with van der Waals surface area (Å²) in [7, 11) is -2.92. The molecule has 2 N–H and O–H groups in total. The molecule has 0 saturated heterocycles. The Labute approximate surface area is 66.3 Å². The minimum absolute atomic E-state index is 0.203. The standard InChI is InChI=1S/C5H14NO4P/c1-3-9-11(7,4-2)10-5-8-6/h3-6H2,1-2H3. The zero-order chi connectivity index (χ0) is 8.74. The minimum atomic E-state index is -2.92. The third-order valence-electron chi connectivity index (χ3n) is 1.03. The second kappa shape index (κ2) is 5.69. The zero-order valence-electron chi connectivity index (χ0n) is 6.78. The van der Waals surface area contributed by atoms with Crippen LogP contribution < -0.4 is 5.90 Å². The molecule has 0 amide bonds. The Hall–Kier alpha value is 0.0700. The normalized spacial score (nSPS) is 16.3. The Kier molecular flexibility index (Phi) is 5.72. The Balaban J connectivity index is 3.79. The van der Waals surface area contributed by atoms with Crippen LogP contribution in [0.15, 0.2) is 0 Å². The number of hydrogen-bond acceptors (Lipinski definition) is 5. The molecule has 68 valence electrons. The van der Waals surface area contributed by atoms with Crippen LogP contribution >= 0.6 is 7.60 Å². The predicted octanol–water partition coefficient (Wildman–Crippen LogP) is 1.10. The summed E-state index contributed by atoms with van der Waals surface area (Å²) in [6.07, 6.45) is 0.324. The molecule has 0 aliphatic rings. The van der Waals surface area contributed by atoms with E-state index in [4.69, 9.17) is 9.05 Å². The molecule has 1 unspecified atom stereocenters. The van der Waals surface area contributed by atoms with E-state index >= 15 is 0 Å². The van der Waals surface area contributed by atoms with Crippen LogP contribution in [0.3, 0.4) is 0 Å². The average molecular weight is 183 g/mol. The van der Waals surface area contributed by atoms with Crippen molar-refractivity contribution in [2.75, 3.05) is 19.6 Å². The molecule has 0 aromatic carbocycles. The van der Waals surface area contributed by atoms with E-state index in [-0.39, 0.29) is 6.79 Å². The molecule has 0 aromatic heterocycles. The molecule has 6 heteroatoms. The van der Waals surface area contributed by atoms with E-state index in [0.717, 1.165) is 0 Å². The first kappa shape index (κ1) is 11.1. The summed E-state index contributed by atoms with van der Waals surface area (Å²) >= 11 is 0. The fourth-order valence-electron chi connectivity index (χ4n) is 0.527. The Morgan fingerprint density at radius 1 is 1.36 bits per heavy atom. The van der Waals surface area contributed by atoms with Gasteiger partial charge >= 0.3 is 7.60 Å². The van der Waals surface area contributed by atoms with Crippen molar-refractivity contribution >= 4 is 7.60 Å². The van der Waals surface area contributed by atoms with Crippen LogP contribution in [0.4, 0.5) is 0 Å². The van der Waals surface area contributed by atoms with Crippen LogP contribution in [0, 0.1) is 0 Å². The molecule has 0 radical (unpaired) electrons. The van der Waals surface area contributed by atoms with Crippen molar-refractivity contribution in [1.29, 1.82) is 0 Å². The maximum Gasteiger partial charge on any atom is 0.332 e. The summed E-state index contributed by atoms with van der Waals surface area (Å²) in [5.74, 6) is 4.68. The predicted molar refractivity (Wildman–Crippen MR) is 41.0 cm³/mol. The van der Waals surface area contributed by atoms with Crippen LogP contribution in [-0.4, -0.2) is 19.6 Å². The molecule has 0 fully saturated rings. The highest BCUT2D eigenvalue weighted by Crippen LogP contribution is 2.47. The van der Waals surface area contributed by atoms with Crippen LogP contribution in [0.2, 0.25) is 0 Å². The topological polar surface area (TPSA) is 70.8 Å². The first-order chi connectivity index (χ1) is 5.18. The third-order valence-corrected chi connectivity index (χ3v) is 2.96. The van der Waals surface area contributed by atoms with E-state index in [9.17, 15) is 4.57 Å². The quantitative estimate of drug-likeness (QED) is 0.379. The lowest BCUT2D eigenvalue weighted by Crippen LogP contribution is -2.06. The molecule has 11 heavy (non-hydrogen) atoms. The summed E-state index contributed by atoms with van der Waals surface area (Å²) in [6, 6.07) is 0. The lowest BCUT2D eigenvalue weighted by Gasteiger charge is -2.14. The van der Waals surface area contributed by atoms with Crippen molar-refractivity contribution in [3.05, 3.63) is 0 Å². The van der Waals surface area contributed by atoms with Crippen LogP contribution in [-0.2, 0) is 18.5 Å². The van der Waals surface area contributed by atoms with E-state index in [1.807, 2.05) is 0 Å². The molecule has 0 saturated carbocycles. The highest BCUT2D eigenvalue weighted by atomic mass is 31.2. The largest absolute Gasteiger partial charge is 0.332 e. The SMILES string of the molecule is CCOP(=O)(CC)OCON. The maximum atomic E-state index is 11.4. The Morgan fingerprint density at radius 3 is 2.36 bits per heavy atom. The smallest absolute Gasteiger partial charge is 0.309 e. The summed E-state index contributed by atoms with van der Waals surface area (Å²) in [4.78, 5) is 4.11. The minimum Gasteiger partial charge on any atom is -0.309 e. The van der Waals surface area contributed by atoms with Gasteiger partial charge in [-0.15, -0.1) is 0 Å². The molecule has 0 aromatic rings. The van der Waals surface area contributed by atoms with E-state index in [1.54, 1.807) is 13.8 Å². The van der Waals surface area contributed by atoms with Gasteiger partial charge in [-0.25, -0.2) is 5.90 Å². The second-order valence-electron chi connectivity index (χ2n) is 1.76. The fraction of sp³-hybridized carbons (Fsp3) is 1.00. The molecule has 0 aliphatic heterocycles. The van der Waals surface area contributed by atoms with Gasteiger partial charge in [-0.3, -0.25) is 13.9 Å². The number of nitrogens with two attached hydrogens (primary N) is 1. The van der Waals surface area contributed by atoms with Gasteiger partial charge in [-0.1, -0.05) is 6.92 Å². The van der Waals surface area contributed by atoms with Crippen molar-refractivity contribution in [2.45, 2.75) is 13.8 Å². The maximum absolute atomic E-state index is 11.4. The molecule has 1 atom stereocenters. The molecule has 0 rings (SSSR count). The van der Waals surface area contributed by atoms with E-state index < -0.39 is 7.60 Å².